The van der Waals surface area contributed by atoms with Crippen molar-refractivity contribution in [3.8, 4) is 0 Å². The maximum atomic E-state index is 12.2. The Bertz CT molecular complexity index is 521. The van der Waals surface area contributed by atoms with Crippen molar-refractivity contribution in [3.05, 3.63) is 35.4 Å². The Morgan fingerprint density at radius 1 is 1.45 bits per heavy atom. The number of aryl methyl sites for hydroxylation is 1. The number of rotatable bonds is 3. The second kappa shape index (κ2) is 6.17. The van der Waals surface area contributed by atoms with Gasteiger partial charge >= 0.3 is 12.0 Å². The smallest absolute Gasteiger partial charge is 0.327 e. The summed E-state index contributed by atoms with van der Waals surface area (Å²) in [4.78, 5) is 24.7. The van der Waals surface area contributed by atoms with E-state index in [0.29, 0.717) is 11.6 Å². The van der Waals surface area contributed by atoms with Crippen LogP contribution in [-0.2, 0) is 4.79 Å². The maximum absolute atomic E-state index is 12.2. The number of thioether (sulfide) groups is 1. The van der Waals surface area contributed by atoms with Crippen LogP contribution in [0.2, 0.25) is 0 Å². The molecule has 1 aromatic rings. The number of hydrogen-bond acceptors (Lipinski definition) is 3. The summed E-state index contributed by atoms with van der Waals surface area (Å²) in [5.74, 6) is -0.0844. The maximum Gasteiger partial charge on any atom is 0.327 e. The second-order valence-electron chi connectivity index (χ2n) is 4.85. The minimum absolute atomic E-state index is 0.149. The number of nitrogens with one attached hydrogen (secondary N) is 1. The largest absolute Gasteiger partial charge is 0.480 e. The highest BCUT2D eigenvalue weighted by molar-refractivity contribution is 7.99. The zero-order valence-corrected chi connectivity index (χ0v) is 12.3. The van der Waals surface area contributed by atoms with E-state index in [1.165, 1.54) is 16.7 Å². The van der Waals surface area contributed by atoms with Gasteiger partial charge in [0.1, 0.15) is 6.04 Å². The predicted octanol–water partition coefficient (Wildman–Crippen LogP) is 2.23. The Balaban J connectivity index is 2.04. The number of carboxylic acids is 1. The Hall–Kier alpha value is -1.69. The van der Waals surface area contributed by atoms with Gasteiger partial charge in [0.25, 0.3) is 0 Å². The molecule has 1 aliphatic heterocycles. The molecule has 0 bridgehead atoms. The SMILES string of the molecule is Cc1ccccc1C(C)NC(=O)N1CSC[C@H]1C(=O)O. The van der Waals surface area contributed by atoms with E-state index in [0.717, 1.165) is 11.1 Å². The van der Waals surface area contributed by atoms with E-state index in [-0.39, 0.29) is 12.1 Å². The van der Waals surface area contributed by atoms with Gasteiger partial charge in [0.15, 0.2) is 0 Å². The van der Waals surface area contributed by atoms with Gasteiger partial charge in [-0.25, -0.2) is 9.59 Å². The lowest BCUT2D eigenvalue weighted by Gasteiger charge is -2.24. The average Bonchev–Trinajstić information content (AvgIpc) is 2.88. The van der Waals surface area contributed by atoms with Crippen LogP contribution in [0.25, 0.3) is 0 Å². The Morgan fingerprint density at radius 2 is 2.15 bits per heavy atom. The molecule has 1 unspecified atom stereocenters. The molecule has 2 rings (SSSR count). The normalized spacial score (nSPS) is 19.7. The summed E-state index contributed by atoms with van der Waals surface area (Å²) in [6.07, 6.45) is 0. The Morgan fingerprint density at radius 3 is 2.80 bits per heavy atom. The van der Waals surface area contributed by atoms with Gasteiger partial charge in [-0.15, -0.1) is 11.8 Å². The first-order valence-corrected chi connectivity index (χ1v) is 7.59. The first-order valence-electron chi connectivity index (χ1n) is 6.44. The van der Waals surface area contributed by atoms with Crippen LogP contribution in [0.3, 0.4) is 0 Å². The van der Waals surface area contributed by atoms with Gasteiger partial charge in [-0.05, 0) is 25.0 Å². The van der Waals surface area contributed by atoms with Crippen LogP contribution in [0.4, 0.5) is 4.79 Å². The summed E-state index contributed by atoms with van der Waals surface area (Å²) < 4.78 is 0. The van der Waals surface area contributed by atoms with Gasteiger partial charge in [-0.3, -0.25) is 0 Å². The van der Waals surface area contributed by atoms with E-state index < -0.39 is 12.0 Å². The number of carbonyl (C=O) groups is 2. The summed E-state index contributed by atoms with van der Waals surface area (Å²) in [5, 5.41) is 12.0. The van der Waals surface area contributed by atoms with E-state index in [9.17, 15) is 9.59 Å². The molecule has 108 valence electrons. The van der Waals surface area contributed by atoms with Crippen molar-refractivity contribution >= 4 is 23.8 Å². The van der Waals surface area contributed by atoms with Crippen molar-refractivity contribution in [1.82, 2.24) is 10.2 Å². The van der Waals surface area contributed by atoms with Crippen molar-refractivity contribution in [3.63, 3.8) is 0 Å². The molecule has 1 aromatic carbocycles. The van der Waals surface area contributed by atoms with E-state index in [1.54, 1.807) is 0 Å². The molecule has 0 aromatic heterocycles. The predicted molar refractivity (Wildman–Crippen MR) is 78.7 cm³/mol. The van der Waals surface area contributed by atoms with Crippen LogP contribution in [-0.4, -0.2) is 39.7 Å². The van der Waals surface area contributed by atoms with Crippen molar-refractivity contribution in [2.75, 3.05) is 11.6 Å². The lowest BCUT2D eigenvalue weighted by molar-refractivity contribution is -0.140. The van der Waals surface area contributed by atoms with Gasteiger partial charge in [0.2, 0.25) is 0 Å². The summed E-state index contributed by atoms with van der Waals surface area (Å²) in [6, 6.07) is 6.63. The van der Waals surface area contributed by atoms with Gasteiger partial charge in [0, 0.05) is 5.75 Å². The van der Waals surface area contributed by atoms with Crippen LogP contribution < -0.4 is 5.32 Å². The lowest BCUT2D eigenvalue weighted by Crippen LogP contribution is -2.47. The van der Waals surface area contributed by atoms with Gasteiger partial charge in [-0.1, -0.05) is 24.3 Å². The highest BCUT2D eigenvalue weighted by Crippen LogP contribution is 2.23. The molecule has 1 fully saturated rings. The molecular formula is C14H18N2O3S. The van der Waals surface area contributed by atoms with Crippen molar-refractivity contribution < 1.29 is 14.7 Å². The van der Waals surface area contributed by atoms with Crippen LogP contribution in [0.15, 0.2) is 24.3 Å². The van der Waals surface area contributed by atoms with Crippen LogP contribution in [0.1, 0.15) is 24.1 Å². The first kappa shape index (κ1) is 14.7. The zero-order chi connectivity index (χ0) is 14.7. The number of carboxylic acid groups (broad SMARTS) is 1. The number of benzene rings is 1. The standard InChI is InChI=1S/C14H18N2O3S/c1-9-5-3-4-6-11(9)10(2)15-14(19)16-8-20-7-12(16)13(17)18/h3-6,10,12H,7-8H2,1-2H3,(H,15,19)(H,17,18)/t10?,12-/m0/s1. The quantitative estimate of drug-likeness (QED) is 0.897. The summed E-state index contributed by atoms with van der Waals surface area (Å²) >= 11 is 1.46. The third-order valence-electron chi connectivity index (χ3n) is 3.42. The number of urea groups is 1. The molecule has 2 amide bonds. The van der Waals surface area contributed by atoms with Gasteiger partial charge in [0.05, 0.1) is 11.9 Å². The number of hydrogen-bond donors (Lipinski definition) is 2. The van der Waals surface area contributed by atoms with Gasteiger partial charge < -0.3 is 15.3 Å². The molecule has 0 saturated carbocycles. The Labute approximate surface area is 122 Å². The average molecular weight is 294 g/mol. The number of amides is 2. The lowest BCUT2D eigenvalue weighted by atomic mass is 10.0. The topological polar surface area (TPSA) is 69.6 Å². The number of aliphatic carboxylic acids is 1. The molecule has 2 atom stereocenters. The van der Waals surface area contributed by atoms with Gasteiger partial charge in [-0.2, -0.15) is 0 Å². The molecule has 1 aliphatic rings. The van der Waals surface area contributed by atoms with E-state index in [2.05, 4.69) is 5.32 Å². The highest BCUT2D eigenvalue weighted by atomic mass is 32.2. The molecule has 5 nitrogen and oxygen atoms in total. The summed E-state index contributed by atoms with van der Waals surface area (Å²) in [5.41, 5.74) is 2.14. The Kier molecular flexibility index (Phi) is 4.54. The number of nitrogens with zero attached hydrogens (tertiary/aromatic N) is 1. The molecule has 20 heavy (non-hydrogen) atoms. The fourth-order valence-electron chi connectivity index (χ4n) is 2.27. The van der Waals surface area contributed by atoms with Crippen LogP contribution in [0.5, 0.6) is 0 Å². The van der Waals surface area contributed by atoms with Crippen molar-refractivity contribution in [2.45, 2.75) is 25.9 Å². The monoisotopic (exact) mass is 294 g/mol. The minimum Gasteiger partial charge on any atom is -0.480 e. The van der Waals surface area contributed by atoms with Crippen LogP contribution >= 0.6 is 11.8 Å². The third kappa shape index (κ3) is 3.07. The van der Waals surface area contributed by atoms with E-state index in [1.807, 2.05) is 38.1 Å². The molecule has 0 spiro atoms. The molecule has 0 radical (unpaired) electrons. The summed E-state index contributed by atoms with van der Waals surface area (Å²) in [7, 11) is 0. The molecule has 1 heterocycles. The second-order valence-corrected chi connectivity index (χ2v) is 5.85. The minimum atomic E-state index is -0.950. The molecule has 1 saturated heterocycles. The first-order chi connectivity index (χ1) is 9.50. The van der Waals surface area contributed by atoms with Crippen molar-refractivity contribution in [1.29, 1.82) is 0 Å². The number of carbonyl (C=O) groups excluding carboxylic acids is 1. The van der Waals surface area contributed by atoms with E-state index >= 15 is 0 Å². The highest BCUT2D eigenvalue weighted by Gasteiger charge is 2.35. The summed E-state index contributed by atoms with van der Waals surface area (Å²) in [6.45, 7) is 3.89. The fourth-order valence-corrected chi connectivity index (χ4v) is 3.41. The molecule has 2 N–H and O–H groups in total. The molecule has 6 heteroatoms. The van der Waals surface area contributed by atoms with Crippen LogP contribution in [0, 0.1) is 6.92 Å². The fraction of sp³-hybridized carbons (Fsp3) is 0.429. The zero-order valence-electron chi connectivity index (χ0n) is 11.5. The molecule has 0 aliphatic carbocycles. The van der Waals surface area contributed by atoms with Crippen molar-refractivity contribution in [2.24, 2.45) is 0 Å². The van der Waals surface area contributed by atoms with E-state index in [4.69, 9.17) is 5.11 Å². The third-order valence-corrected chi connectivity index (χ3v) is 4.44. The molecular weight excluding hydrogens is 276 g/mol.